The third-order valence-electron chi connectivity index (χ3n) is 3.33. The smallest absolute Gasteiger partial charge is 0.285 e. The molecule has 118 valence electrons. The molecular formula is C15H23NO4S. The lowest BCUT2D eigenvalue weighted by Gasteiger charge is -2.30. The van der Waals surface area contributed by atoms with Crippen molar-refractivity contribution in [2.75, 3.05) is 5.75 Å². The molecule has 0 saturated heterocycles. The molecule has 21 heavy (non-hydrogen) atoms. The molecule has 1 aromatic carbocycles. The Balaban J connectivity index is 3.17. The lowest BCUT2D eigenvalue weighted by Crippen LogP contribution is -2.55. The highest BCUT2D eigenvalue weighted by Crippen LogP contribution is 2.28. The highest BCUT2D eigenvalue weighted by molar-refractivity contribution is 7.93. The Morgan fingerprint density at radius 1 is 1.29 bits per heavy atom. The van der Waals surface area contributed by atoms with Gasteiger partial charge in [0, 0.05) is 6.42 Å². The van der Waals surface area contributed by atoms with Crippen LogP contribution in [-0.2, 0) is 14.6 Å². The summed E-state index contributed by atoms with van der Waals surface area (Å²) < 4.78 is 30.8. The number of hydrogen-bond acceptors (Lipinski definition) is 4. The molecule has 0 bridgehead atoms. The summed E-state index contributed by atoms with van der Waals surface area (Å²) in [5.41, 5.74) is 5.38. The van der Waals surface area contributed by atoms with Crippen LogP contribution in [0.1, 0.15) is 33.6 Å². The van der Waals surface area contributed by atoms with E-state index in [4.69, 9.17) is 10.5 Å². The Labute approximate surface area is 126 Å². The SMILES string of the molecule is CCC(Oc1ccccc1)(C(N)=O)S(=O)(=O)CCC(C)C. The Morgan fingerprint density at radius 2 is 1.86 bits per heavy atom. The third-order valence-corrected chi connectivity index (χ3v) is 5.68. The predicted molar refractivity (Wildman–Crippen MR) is 82.5 cm³/mol. The normalized spacial score (nSPS) is 14.7. The van der Waals surface area contributed by atoms with Gasteiger partial charge < -0.3 is 10.5 Å². The number of ether oxygens (including phenoxy) is 1. The molecule has 2 N–H and O–H groups in total. The number of amides is 1. The van der Waals surface area contributed by atoms with Crippen molar-refractivity contribution in [2.24, 2.45) is 11.7 Å². The minimum Gasteiger partial charge on any atom is -0.462 e. The molecule has 0 aromatic heterocycles. The number of carbonyl (C=O) groups is 1. The van der Waals surface area contributed by atoms with Crippen LogP contribution in [0.4, 0.5) is 0 Å². The summed E-state index contributed by atoms with van der Waals surface area (Å²) >= 11 is 0. The fourth-order valence-corrected chi connectivity index (χ4v) is 4.05. The van der Waals surface area contributed by atoms with Crippen molar-refractivity contribution in [2.45, 2.75) is 38.5 Å². The van der Waals surface area contributed by atoms with Gasteiger partial charge in [-0.15, -0.1) is 0 Å². The lowest BCUT2D eigenvalue weighted by molar-refractivity contribution is -0.127. The maximum Gasteiger partial charge on any atom is 0.285 e. The molecule has 1 aromatic rings. The first kappa shape index (κ1) is 17.5. The van der Waals surface area contributed by atoms with E-state index in [9.17, 15) is 13.2 Å². The van der Waals surface area contributed by atoms with Gasteiger partial charge in [-0.25, -0.2) is 8.42 Å². The molecular weight excluding hydrogens is 290 g/mol. The monoisotopic (exact) mass is 313 g/mol. The van der Waals surface area contributed by atoms with Crippen LogP contribution in [0.15, 0.2) is 30.3 Å². The van der Waals surface area contributed by atoms with E-state index in [1.165, 1.54) is 0 Å². The van der Waals surface area contributed by atoms with E-state index >= 15 is 0 Å². The summed E-state index contributed by atoms with van der Waals surface area (Å²) in [6.45, 7) is 5.43. The molecule has 0 radical (unpaired) electrons. The third kappa shape index (κ3) is 3.97. The van der Waals surface area contributed by atoms with Crippen molar-refractivity contribution < 1.29 is 17.9 Å². The van der Waals surface area contributed by atoms with Crippen molar-refractivity contribution in [3.05, 3.63) is 30.3 Å². The first-order chi connectivity index (χ1) is 9.75. The Hall–Kier alpha value is -1.56. The maximum atomic E-state index is 12.6. The minimum atomic E-state index is -3.82. The standard InChI is InChI=1S/C15H23NO4S/c1-4-15(14(16)17,20-13-8-6-5-7-9-13)21(18,19)11-10-12(2)3/h5-9,12H,4,10-11H2,1-3H3,(H2,16,17). The molecule has 1 unspecified atom stereocenters. The molecule has 1 atom stereocenters. The number of primary amides is 1. The van der Waals surface area contributed by atoms with E-state index in [1.807, 2.05) is 13.8 Å². The van der Waals surface area contributed by atoms with Crippen LogP contribution in [0.5, 0.6) is 5.75 Å². The van der Waals surface area contributed by atoms with Gasteiger partial charge in [0.1, 0.15) is 5.75 Å². The highest BCUT2D eigenvalue weighted by Gasteiger charge is 2.50. The van der Waals surface area contributed by atoms with Gasteiger partial charge in [0.2, 0.25) is 0 Å². The van der Waals surface area contributed by atoms with Gasteiger partial charge >= 0.3 is 0 Å². The fourth-order valence-electron chi connectivity index (χ4n) is 1.97. The Bertz CT molecular complexity index is 569. The number of rotatable bonds is 8. The van der Waals surface area contributed by atoms with Gasteiger partial charge in [-0.2, -0.15) is 0 Å². The average Bonchev–Trinajstić information content (AvgIpc) is 2.43. The minimum absolute atomic E-state index is 0.0301. The van der Waals surface area contributed by atoms with Gasteiger partial charge in [-0.1, -0.05) is 39.0 Å². The summed E-state index contributed by atoms with van der Waals surface area (Å²) in [4.78, 5) is 9.86. The zero-order valence-corrected chi connectivity index (χ0v) is 13.5. The second kappa shape index (κ2) is 6.93. The zero-order chi connectivity index (χ0) is 16.1. The molecule has 0 aliphatic heterocycles. The molecule has 0 heterocycles. The van der Waals surface area contributed by atoms with E-state index in [0.717, 1.165) is 0 Å². The van der Waals surface area contributed by atoms with Gasteiger partial charge in [-0.3, -0.25) is 4.79 Å². The fraction of sp³-hybridized carbons (Fsp3) is 0.533. The molecule has 1 rings (SSSR count). The zero-order valence-electron chi connectivity index (χ0n) is 12.7. The van der Waals surface area contributed by atoms with Crippen LogP contribution in [0.2, 0.25) is 0 Å². The second-order valence-electron chi connectivity index (χ2n) is 5.39. The highest BCUT2D eigenvalue weighted by atomic mass is 32.2. The summed E-state index contributed by atoms with van der Waals surface area (Å²) in [6, 6.07) is 8.39. The van der Waals surface area contributed by atoms with Crippen molar-refractivity contribution in [3.8, 4) is 5.75 Å². The Morgan fingerprint density at radius 3 is 2.29 bits per heavy atom. The molecule has 1 amide bonds. The lowest BCUT2D eigenvalue weighted by atomic mass is 10.2. The number of para-hydroxylation sites is 1. The summed E-state index contributed by atoms with van der Waals surface area (Å²) in [5.74, 6) is -0.586. The molecule has 0 aliphatic rings. The predicted octanol–water partition coefficient (Wildman–Crippen LogP) is 2.12. The molecule has 5 nitrogen and oxygen atoms in total. The van der Waals surface area contributed by atoms with Gasteiger partial charge in [0.25, 0.3) is 10.8 Å². The van der Waals surface area contributed by atoms with Crippen LogP contribution in [0, 0.1) is 5.92 Å². The van der Waals surface area contributed by atoms with Crippen LogP contribution < -0.4 is 10.5 Å². The van der Waals surface area contributed by atoms with E-state index in [2.05, 4.69) is 0 Å². The number of carbonyl (C=O) groups excluding carboxylic acids is 1. The van der Waals surface area contributed by atoms with Gasteiger partial charge in [0.05, 0.1) is 5.75 Å². The summed E-state index contributed by atoms with van der Waals surface area (Å²) in [5, 5.41) is 0. The number of nitrogens with two attached hydrogens (primary N) is 1. The van der Waals surface area contributed by atoms with E-state index in [1.54, 1.807) is 37.3 Å². The number of benzene rings is 1. The molecule has 0 spiro atoms. The second-order valence-corrected chi connectivity index (χ2v) is 7.68. The van der Waals surface area contributed by atoms with E-state index in [0.29, 0.717) is 12.2 Å². The van der Waals surface area contributed by atoms with E-state index < -0.39 is 20.7 Å². The van der Waals surface area contributed by atoms with Crippen molar-refractivity contribution >= 4 is 15.7 Å². The quantitative estimate of drug-likeness (QED) is 0.796. The van der Waals surface area contributed by atoms with Crippen LogP contribution in [0.3, 0.4) is 0 Å². The van der Waals surface area contributed by atoms with Gasteiger partial charge in [-0.05, 0) is 24.5 Å². The van der Waals surface area contributed by atoms with Crippen LogP contribution in [-0.4, -0.2) is 25.0 Å². The maximum absolute atomic E-state index is 12.6. The van der Waals surface area contributed by atoms with Gasteiger partial charge in [0.15, 0.2) is 9.84 Å². The number of sulfone groups is 1. The van der Waals surface area contributed by atoms with E-state index in [-0.39, 0.29) is 18.1 Å². The Kier molecular flexibility index (Phi) is 5.78. The number of hydrogen-bond donors (Lipinski definition) is 1. The molecule has 0 saturated carbocycles. The van der Waals surface area contributed by atoms with Crippen molar-refractivity contribution in [3.63, 3.8) is 0 Å². The van der Waals surface area contributed by atoms with Crippen LogP contribution in [0.25, 0.3) is 0 Å². The summed E-state index contributed by atoms with van der Waals surface area (Å²) in [7, 11) is -3.82. The topological polar surface area (TPSA) is 86.5 Å². The largest absolute Gasteiger partial charge is 0.462 e. The first-order valence-corrected chi connectivity index (χ1v) is 8.66. The van der Waals surface area contributed by atoms with Crippen LogP contribution >= 0.6 is 0 Å². The molecule has 0 aliphatic carbocycles. The average molecular weight is 313 g/mol. The molecule has 0 fully saturated rings. The molecule has 6 heteroatoms. The summed E-state index contributed by atoms with van der Waals surface area (Å²) in [6.07, 6.45) is 0.424. The van der Waals surface area contributed by atoms with Crippen molar-refractivity contribution in [1.82, 2.24) is 0 Å². The van der Waals surface area contributed by atoms with Crippen molar-refractivity contribution in [1.29, 1.82) is 0 Å². The first-order valence-electron chi connectivity index (χ1n) is 7.01.